The molecule has 0 radical (unpaired) electrons. The van der Waals surface area contributed by atoms with Crippen molar-refractivity contribution in [3.63, 3.8) is 0 Å². The summed E-state index contributed by atoms with van der Waals surface area (Å²) in [6.45, 7) is 7.35. The molecule has 0 spiro atoms. The van der Waals surface area contributed by atoms with Crippen molar-refractivity contribution in [2.75, 3.05) is 64.4 Å². The highest BCUT2D eigenvalue weighted by atomic mass is 16.5. The van der Waals surface area contributed by atoms with Crippen molar-refractivity contribution in [2.45, 2.75) is 6.54 Å². The molecule has 2 aliphatic heterocycles. The second-order valence-electron chi connectivity index (χ2n) is 6.16. The Morgan fingerprint density at radius 1 is 1.17 bits per heavy atom. The Balaban J connectivity index is 1.51. The van der Waals surface area contributed by atoms with Gasteiger partial charge in [-0.05, 0) is 11.6 Å². The number of amides is 2. The highest BCUT2D eigenvalue weighted by Crippen LogP contribution is 2.23. The van der Waals surface area contributed by atoms with Crippen LogP contribution in [0.4, 0.5) is 10.5 Å². The Bertz CT molecular complexity index is 531. The van der Waals surface area contributed by atoms with Crippen LogP contribution in [0.3, 0.4) is 0 Å². The highest BCUT2D eigenvalue weighted by Gasteiger charge is 2.21. The predicted molar refractivity (Wildman–Crippen MR) is 90.8 cm³/mol. The molecule has 0 aromatic heterocycles. The summed E-state index contributed by atoms with van der Waals surface area (Å²) in [5.41, 5.74) is 2.42. The normalized spacial score (nSPS) is 19.2. The summed E-state index contributed by atoms with van der Waals surface area (Å²) in [6.07, 6.45) is 0. The van der Waals surface area contributed by atoms with Gasteiger partial charge in [-0.25, -0.2) is 4.79 Å². The Hall–Kier alpha value is -1.79. The number of anilines is 1. The fraction of sp³-hybridized carbons (Fsp3) is 0.588. The fourth-order valence-corrected chi connectivity index (χ4v) is 3.12. The molecule has 2 amide bonds. The zero-order valence-electron chi connectivity index (χ0n) is 13.8. The minimum Gasteiger partial charge on any atom is -0.379 e. The van der Waals surface area contributed by atoms with Crippen LogP contribution >= 0.6 is 0 Å². The van der Waals surface area contributed by atoms with E-state index in [1.807, 2.05) is 17.0 Å². The van der Waals surface area contributed by atoms with Gasteiger partial charge in [0.2, 0.25) is 0 Å². The van der Waals surface area contributed by atoms with Gasteiger partial charge >= 0.3 is 6.03 Å². The molecule has 6 nitrogen and oxygen atoms in total. The van der Waals surface area contributed by atoms with Crippen LogP contribution < -0.4 is 10.2 Å². The SMILES string of the molecule is CN1CCN(C(=O)NCCN2CCOCC2)Cc2ccccc21. The van der Waals surface area contributed by atoms with Crippen LogP contribution in [-0.4, -0.2) is 75.4 Å². The van der Waals surface area contributed by atoms with Gasteiger partial charge in [0.05, 0.1) is 13.2 Å². The van der Waals surface area contributed by atoms with Crippen LogP contribution in [0.25, 0.3) is 0 Å². The number of nitrogens with one attached hydrogen (secondary N) is 1. The average molecular weight is 318 g/mol. The highest BCUT2D eigenvalue weighted by molar-refractivity contribution is 5.75. The summed E-state index contributed by atoms with van der Waals surface area (Å²) in [5, 5.41) is 3.06. The van der Waals surface area contributed by atoms with Gasteiger partial charge in [0.15, 0.2) is 0 Å². The maximum atomic E-state index is 12.5. The van der Waals surface area contributed by atoms with Gasteiger partial charge in [-0.15, -0.1) is 0 Å². The number of hydrogen-bond acceptors (Lipinski definition) is 4. The summed E-state index contributed by atoms with van der Waals surface area (Å²) < 4.78 is 5.34. The number of rotatable bonds is 3. The first-order valence-corrected chi connectivity index (χ1v) is 8.36. The first-order chi connectivity index (χ1) is 11.2. The number of urea groups is 1. The predicted octanol–water partition coefficient (Wildman–Crippen LogP) is 0.980. The van der Waals surface area contributed by atoms with Crippen molar-refractivity contribution in [1.29, 1.82) is 0 Å². The van der Waals surface area contributed by atoms with Crippen molar-refractivity contribution in [3.8, 4) is 0 Å². The second-order valence-corrected chi connectivity index (χ2v) is 6.16. The molecule has 2 heterocycles. The van der Waals surface area contributed by atoms with Gasteiger partial charge in [0.25, 0.3) is 0 Å². The lowest BCUT2D eigenvalue weighted by Crippen LogP contribution is -2.45. The summed E-state index contributed by atoms with van der Waals surface area (Å²) in [5.74, 6) is 0. The number of nitrogens with zero attached hydrogens (tertiary/aromatic N) is 3. The molecule has 0 aliphatic carbocycles. The van der Waals surface area contributed by atoms with Crippen molar-refractivity contribution < 1.29 is 9.53 Å². The average Bonchev–Trinajstić information content (AvgIpc) is 2.75. The molecule has 0 bridgehead atoms. The zero-order chi connectivity index (χ0) is 16.1. The Labute approximate surface area is 138 Å². The first kappa shape index (κ1) is 16.1. The maximum absolute atomic E-state index is 12.5. The van der Waals surface area contributed by atoms with E-state index in [0.29, 0.717) is 13.1 Å². The monoisotopic (exact) mass is 318 g/mol. The Morgan fingerprint density at radius 2 is 1.96 bits per heavy atom. The van der Waals surface area contributed by atoms with Gasteiger partial charge in [-0.3, -0.25) is 4.90 Å². The molecule has 0 unspecified atom stereocenters. The number of hydrogen-bond donors (Lipinski definition) is 1. The van der Waals surface area contributed by atoms with Gasteiger partial charge in [0, 0.05) is 58.5 Å². The third-order valence-corrected chi connectivity index (χ3v) is 4.56. The Morgan fingerprint density at radius 3 is 2.78 bits per heavy atom. The molecule has 1 fully saturated rings. The standard InChI is InChI=1S/C17H26N4O2/c1-19-8-9-21(14-15-4-2-3-5-16(15)19)17(22)18-6-7-20-10-12-23-13-11-20/h2-5H,6-14H2,1H3,(H,18,22). The van der Waals surface area contributed by atoms with E-state index >= 15 is 0 Å². The van der Waals surface area contributed by atoms with Gasteiger partial charge in [-0.2, -0.15) is 0 Å². The third-order valence-electron chi connectivity index (χ3n) is 4.56. The molecule has 6 heteroatoms. The summed E-state index contributed by atoms with van der Waals surface area (Å²) in [7, 11) is 2.08. The molecule has 0 saturated carbocycles. The molecule has 3 rings (SSSR count). The van der Waals surface area contributed by atoms with E-state index in [2.05, 4.69) is 34.3 Å². The van der Waals surface area contributed by atoms with E-state index in [9.17, 15) is 4.79 Å². The summed E-state index contributed by atoms with van der Waals surface area (Å²) in [4.78, 5) is 18.9. The van der Waals surface area contributed by atoms with Crippen LogP contribution in [0.2, 0.25) is 0 Å². The van der Waals surface area contributed by atoms with E-state index in [4.69, 9.17) is 4.74 Å². The third kappa shape index (κ3) is 4.14. The number of ether oxygens (including phenoxy) is 1. The molecule has 0 atom stereocenters. The number of para-hydroxylation sites is 1. The lowest BCUT2D eigenvalue weighted by molar-refractivity contribution is 0.0386. The lowest BCUT2D eigenvalue weighted by atomic mass is 10.1. The summed E-state index contributed by atoms with van der Waals surface area (Å²) >= 11 is 0. The number of morpholine rings is 1. The van der Waals surface area contributed by atoms with E-state index in [1.54, 1.807) is 0 Å². The van der Waals surface area contributed by atoms with Crippen LogP contribution in [0.15, 0.2) is 24.3 Å². The quantitative estimate of drug-likeness (QED) is 0.903. The number of carbonyl (C=O) groups excluding carboxylic acids is 1. The zero-order valence-corrected chi connectivity index (χ0v) is 13.8. The molecule has 126 valence electrons. The molecule has 1 aromatic rings. The van der Waals surface area contributed by atoms with E-state index in [1.165, 1.54) is 11.3 Å². The van der Waals surface area contributed by atoms with Crippen LogP contribution in [0, 0.1) is 0 Å². The van der Waals surface area contributed by atoms with Gasteiger partial charge < -0.3 is 19.9 Å². The van der Waals surface area contributed by atoms with Crippen molar-refractivity contribution in [3.05, 3.63) is 29.8 Å². The van der Waals surface area contributed by atoms with Crippen LogP contribution in [0.1, 0.15) is 5.56 Å². The fourth-order valence-electron chi connectivity index (χ4n) is 3.12. The largest absolute Gasteiger partial charge is 0.379 e. The molecular weight excluding hydrogens is 292 g/mol. The second kappa shape index (κ2) is 7.66. The summed E-state index contributed by atoms with van der Waals surface area (Å²) in [6, 6.07) is 8.34. The minimum atomic E-state index is 0.0309. The molecule has 1 saturated heterocycles. The van der Waals surface area contributed by atoms with Crippen molar-refractivity contribution in [1.82, 2.24) is 15.1 Å². The smallest absolute Gasteiger partial charge is 0.317 e. The topological polar surface area (TPSA) is 48.0 Å². The molecule has 23 heavy (non-hydrogen) atoms. The van der Waals surface area contributed by atoms with E-state index < -0.39 is 0 Å². The van der Waals surface area contributed by atoms with Gasteiger partial charge in [0.1, 0.15) is 0 Å². The molecule has 1 N–H and O–H groups in total. The number of benzene rings is 1. The lowest BCUT2D eigenvalue weighted by Gasteiger charge is -2.27. The van der Waals surface area contributed by atoms with Crippen LogP contribution in [0.5, 0.6) is 0 Å². The van der Waals surface area contributed by atoms with Crippen LogP contribution in [-0.2, 0) is 11.3 Å². The Kier molecular flexibility index (Phi) is 5.35. The first-order valence-electron chi connectivity index (χ1n) is 8.36. The van der Waals surface area contributed by atoms with E-state index in [-0.39, 0.29) is 6.03 Å². The number of carbonyl (C=O) groups is 1. The molecule has 1 aromatic carbocycles. The van der Waals surface area contributed by atoms with Crippen molar-refractivity contribution >= 4 is 11.7 Å². The maximum Gasteiger partial charge on any atom is 0.317 e. The molecule has 2 aliphatic rings. The van der Waals surface area contributed by atoms with Gasteiger partial charge in [-0.1, -0.05) is 18.2 Å². The van der Waals surface area contributed by atoms with E-state index in [0.717, 1.165) is 45.9 Å². The number of likely N-dealkylation sites (N-methyl/N-ethyl adjacent to an activating group) is 1. The number of fused-ring (bicyclic) bond motifs is 1. The minimum absolute atomic E-state index is 0.0309. The van der Waals surface area contributed by atoms with Crippen molar-refractivity contribution in [2.24, 2.45) is 0 Å². The molecular formula is C17H26N4O2.